The molecule has 16 rings (SSSR count). The van der Waals surface area contributed by atoms with Crippen LogP contribution >= 0.6 is 0 Å². The van der Waals surface area contributed by atoms with E-state index in [1.807, 2.05) is 0 Å². The van der Waals surface area contributed by atoms with Gasteiger partial charge in [0.1, 0.15) is 11.2 Å². The Morgan fingerprint density at radius 3 is 1.22 bits per heavy atom. The van der Waals surface area contributed by atoms with Crippen molar-refractivity contribution >= 4 is 97.3 Å². The fraction of sp³-hybridized carbons (Fsp3) is 0. The van der Waals surface area contributed by atoms with Crippen molar-refractivity contribution in [3.8, 4) is 55.6 Å². The van der Waals surface area contributed by atoms with Crippen LogP contribution < -0.4 is 0 Å². The fourth-order valence-corrected chi connectivity index (χ4v) is 9.29. The third-order valence-electron chi connectivity index (χ3n) is 12.5. The quantitative estimate of drug-likeness (QED) is 0.157. The average Bonchev–Trinajstić information content (AvgIpc) is 1.18. The van der Waals surface area contributed by atoms with E-state index in [2.05, 4.69) is 0 Å². The molecule has 0 aliphatic rings. The standard InChI is InChI=1S/C40H26.C36H22O/c1-2-12-31-26-32(25-22-27(31)10-1)28-20-23-30(24-21-28)39-35-15-5-7-17-37(35)40(38-18-8-6-16-36(38)39)34-19-9-13-29-11-3-4-14-33(29)34;1-2-11-23(12-3-1)34-26-15-6-8-17-28(26)35(29-18-9-7-16-27(29)34)30-19-10-20-32-36(30)31-21-24-13-4-5-14-25(24)22-33(31)37-32/h1-26H;1-22H/i1D,2D,3D,4D,5D,6D,7D,8D,9D,10D,11D,12D,13D,14D,15D,16D,17D,18D,19D,20D,21D,22D,23D,24D,25D,26D;1D,2D,3D,4D,5D,6D,7D,8D,9D,10D,11D,12D,13D,14D,15D,16D,17D,18D,19D,20D,22D. The van der Waals surface area contributed by atoms with Crippen LogP contribution in [0.3, 0.4) is 0 Å². The van der Waals surface area contributed by atoms with Crippen LogP contribution in [0.2, 0.25) is 0 Å². The van der Waals surface area contributed by atoms with Crippen LogP contribution in [0.5, 0.6) is 0 Å². The molecule has 0 radical (unpaired) electrons. The van der Waals surface area contributed by atoms with Gasteiger partial charge >= 0.3 is 0 Å². The van der Waals surface area contributed by atoms with Gasteiger partial charge < -0.3 is 4.42 Å². The summed E-state index contributed by atoms with van der Waals surface area (Å²) >= 11 is 0. The molecule has 0 spiro atoms. The first kappa shape index (κ1) is 17.8. The molecule has 1 heteroatoms. The molecule has 1 heterocycles. The van der Waals surface area contributed by atoms with E-state index in [4.69, 9.17) is 49.7 Å². The van der Waals surface area contributed by atoms with Gasteiger partial charge in [-0.25, -0.2) is 0 Å². The summed E-state index contributed by atoms with van der Waals surface area (Å²) in [6, 6.07) is -39.2. The highest BCUT2D eigenvalue weighted by Crippen LogP contribution is 2.48. The monoisotopic (exact) mass is 1020 g/mol. The van der Waals surface area contributed by atoms with Crippen LogP contribution in [0.15, 0.2) is 294 Å². The third-order valence-corrected chi connectivity index (χ3v) is 12.5. The summed E-state index contributed by atoms with van der Waals surface area (Å²) in [5.41, 5.74) is -7.56. The van der Waals surface area contributed by atoms with E-state index >= 15 is 0 Å². The van der Waals surface area contributed by atoms with E-state index in [1.165, 1.54) is 6.07 Å². The molecule has 0 aliphatic carbocycles. The van der Waals surface area contributed by atoms with Crippen molar-refractivity contribution in [2.75, 3.05) is 0 Å². The maximum Gasteiger partial charge on any atom is 0.136 e. The lowest BCUT2D eigenvalue weighted by Gasteiger charge is -2.19. The summed E-state index contributed by atoms with van der Waals surface area (Å²) in [6.45, 7) is 0. The zero-order chi connectivity index (χ0) is 91.7. The second-order valence-corrected chi connectivity index (χ2v) is 16.6. The van der Waals surface area contributed by atoms with Gasteiger partial charge in [-0.2, -0.15) is 0 Å². The van der Waals surface area contributed by atoms with Gasteiger partial charge in [0, 0.05) is 10.8 Å². The maximum atomic E-state index is 9.43. The number of hydrogen-bond donors (Lipinski definition) is 0. The number of furan rings is 1. The van der Waals surface area contributed by atoms with Gasteiger partial charge in [-0.05, 0) is 155 Å². The molecule has 16 aromatic rings. The number of fused-ring (bicyclic) bond motifs is 10. The Balaban J connectivity index is 0.000000193. The summed E-state index contributed by atoms with van der Waals surface area (Å²) in [5, 5.41) is -8.32. The van der Waals surface area contributed by atoms with Gasteiger partial charge in [0.2, 0.25) is 0 Å². The zero-order valence-electron chi connectivity index (χ0n) is 85.5. The normalized spacial score (nSPS) is 20.2. The van der Waals surface area contributed by atoms with E-state index in [0.29, 0.717) is 0 Å². The van der Waals surface area contributed by atoms with Gasteiger partial charge in [0.25, 0.3) is 0 Å². The van der Waals surface area contributed by atoms with Gasteiger partial charge in [0.05, 0.1) is 64.4 Å². The molecular weight excluding hydrogens is 929 g/mol. The van der Waals surface area contributed by atoms with Crippen molar-refractivity contribution in [3.63, 3.8) is 0 Å². The molecule has 0 saturated carbocycles. The number of benzene rings is 15. The second-order valence-electron chi connectivity index (χ2n) is 16.6. The molecule has 15 aromatic carbocycles. The molecule has 0 saturated heterocycles. The van der Waals surface area contributed by atoms with E-state index in [1.54, 1.807) is 0 Å². The first-order valence-electron chi connectivity index (χ1n) is 46.2. The molecule has 0 N–H and O–H groups in total. The van der Waals surface area contributed by atoms with Crippen LogP contribution in [0, 0.1) is 0 Å². The molecule has 0 bridgehead atoms. The van der Waals surface area contributed by atoms with Crippen molar-refractivity contribution in [2.45, 2.75) is 0 Å². The summed E-state index contributed by atoms with van der Waals surface area (Å²) in [6.07, 6.45) is 0. The second kappa shape index (κ2) is 18.4. The summed E-state index contributed by atoms with van der Waals surface area (Å²) < 4.78 is 421. The van der Waals surface area contributed by atoms with Crippen LogP contribution in [0.25, 0.3) is 153 Å². The Labute approximate surface area is 512 Å². The zero-order valence-corrected chi connectivity index (χ0v) is 38.5. The van der Waals surface area contributed by atoms with Crippen molar-refractivity contribution in [1.82, 2.24) is 0 Å². The van der Waals surface area contributed by atoms with Crippen molar-refractivity contribution < 1.29 is 68.8 Å². The molecule has 0 amide bonds. The van der Waals surface area contributed by atoms with Crippen molar-refractivity contribution in [1.29, 1.82) is 0 Å². The van der Waals surface area contributed by atoms with E-state index in [9.17, 15) is 19.2 Å². The predicted octanol–water partition coefficient (Wildman–Crippen LogP) is 21.7. The smallest absolute Gasteiger partial charge is 0.136 e. The maximum absolute atomic E-state index is 9.43. The minimum Gasteiger partial charge on any atom is -0.456 e. The van der Waals surface area contributed by atoms with Crippen LogP contribution in [-0.2, 0) is 0 Å². The molecule has 358 valence electrons. The molecule has 0 aliphatic heterocycles. The van der Waals surface area contributed by atoms with Crippen LogP contribution in [0.4, 0.5) is 0 Å². The summed E-state index contributed by atoms with van der Waals surface area (Å²) in [7, 11) is 0. The Morgan fingerprint density at radius 2 is 0.623 bits per heavy atom. The highest BCUT2D eigenvalue weighted by atomic mass is 16.3. The molecule has 0 unspecified atom stereocenters. The minimum absolute atomic E-state index is 0.146. The van der Waals surface area contributed by atoms with Crippen molar-refractivity contribution in [2.24, 2.45) is 0 Å². The SMILES string of the molecule is [2H]c1c([2H])c(-c2c3c([2H])c([2H])c([2H])c([2H])c3c(-c3c([2H])c([2H])c([2H])c4c([2H])c([2H])c([2H])c([2H])c34)c3c([2H])c([2H])c([2H])c([2H])c23)c([2H])c([2H])c1-c1c([2H])c([2H])c2c([2H])c([2H])c([2H])c([2H])c2c1[2H].[2H]c1c([2H])c([2H])c(-c2c3c([2H])c([2H])c([2H])c([2H])c3c(-c3c([2H])c([2H])c([2H])c4oc5c([2H])c6c([2H])c([2H])c([2H])c([2H])c6cc5c34)c3c([2H])c([2H])c([2H])c([2H])c23)c([2H])c1[2H]. The van der Waals surface area contributed by atoms with Gasteiger partial charge in [-0.15, -0.1) is 0 Å². The summed E-state index contributed by atoms with van der Waals surface area (Å²) in [5.74, 6) is 0. The topological polar surface area (TPSA) is 13.1 Å². The molecule has 77 heavy (non-hydrogen) atoms. The van der Waals surface area contributed by atoms with E-state index < -0.39 is 410 Å². The van der Waals surface area contributed by atoms with E-state index in [-0.39, 0.29) is 27.1 Å². The van der Waals surface area contributed by atoms with Crippen molar-refractivity contribution in [3.05, 3.63) is 290 Å². The highest BCUT2D eigenvalue weighted by Gasteiger charge is 2.21. The first-order valence-corrected chi connectivity index (χ1v) is 22.7. The molecule has 1 nitrogen and oxygen atoms in total. The lowest BCUT2D eigenvalue weighted by molar-refractivity contribution is 0.669. The third kappa shape index (κ3) is 7.47. The number of hydrogen-bond acceptors (Lipinski definition) is 1. The molecular formula is C76H48O. The lowest BCUT2D eigenvalue weighted by atomic mass is 9.84. The highest BCUT2D eigenvalue weighted by molar-refractivity contribution is 6.27. The average molecular weight is 1020 g/mol. The predicted molar refractivity (Wildman–Crippen MR) is 330 cm³/mol. The minimum atomic E-state index is -1.07. The molecule has 0 atom stereocenters. The Morgan fingerprint density at radius 1 is 0.221 bits per heavy atom. The van der Waals surface area contributed by atoms with Crippen LogP contribution in [-0.4, -0.2) is 0 Å². The van der Waals surface area contributed by atoms with Crippen LogP contribution in [0.1, 0.15) is 64.4 Å². The molecule has 1 aromatic heterocycles. The first-order chi connectivity index (χ1) is 57.8. The van der Waals surface area contributed by atoms with E-state index in [0.717, 1.165) is 0 Å². The number of rotatable bonds is 5. The molecule has 0 fully saturated rings. The Kier molecular flexibility index (Phi) is 4.24. The largest absolute Gasteiger partial charge is 0.456 e. The Hall–Kier alpha value is -10.1. The summed E-state index contributed by atoms with van der Waals surface area (Å²) in [4.78, 5) is 0. The Bertz CT molecular complexity index is 7630. The van der Waals surface area contributed by atoms with Gasteiger partial charge in [0.15, 0.2) is 0 Å². The lowest BCUT2D eigenvalue weighted by Crippen LogP contribution is -1.91. The fourth-order valence-electron chi connectivity index (χ4n) is 9.29. The van der Waals surface area contributed by atoms with Gasteiger partial charge in [-0.3, -0.25) is 0 Å². The van der Waals surface area contributed by atoms with Gasteiger partial charge in [-0.1, -0.05) is 266 Å².